The third-order valence-corrected chi connectivity index (χ3v) is 3.51. The van der Waals surface area contributed by atoms with Crippen LogP contribution in [0.5, 0.6) is 0 Å². The fraction of sp³-hybridized carbons (Fsp3) is 0.333. The van der Waals surface area contributed by atoms with Crippen LogP contribution in [-0.4, -0.2) is 30.2 Å². The van der Waals surface area contributed by atoms with Crippen molar-refractivity contribution in [2.75, 3.05) is 18.5 Å². The molecule has 0 radical (unpaired) electrons. The van der Waals surface area contributed by atoms with E-state index in [1.807, 2.05) is 0 Å². The molecule has 110 valence electrons. The molecule has 21 heavy (non-hydrogen) atoms. The molecular weight excluding hydrogens is 274 g/mol. The predicted molar refractivity (Wildman–Crippen MR) is 75.3 cm³/mol. The number of aromatic carboxylic acids is 1. The van der Waals surface area contributed by atoms with Crippen molar-refractivity contribution >= 4 is 28.5 Å². The highest BCUT2D eigenvalue weighted by Crippen LogP contribution is 2.24. The van der Waals surface area contributed by atoms with Crippen molar-refractivity contribution in [1.29, 1.82) is 0 Å². The van der Waals surface area contributed by atoms with E-state index in [0.29, 0.717) is 29.7 Å². The first-order valence-electron chi connectivity index (χ1n) is 6.76. The van der Waals surface area contributed by atoms with Crippen LogP contribution < -0.4 is 5.32 Å². The van der Waals surface area contributed by atoms with Crippen LogP contribution in [0.3, 0.4) is 0 Å². The third-order valence-electron chi connectivity index (χ3n) is 3.51. The van der Waals surface area contributed by atoms with Crippen LogP contribution in [0.4, 0.5) is 5.69 Å². The number of carboxylic acid groups (broad SMARTS) is 1. The second-order valence-corrected chi connectivity index (χ2v) is 5.15. The molecule has 1 unspecified atom stereocenters. The molecule has 6 nitrogen and oxygen atoms in total. The minimum atomic E-state index is -1.11. The van der Waals surface area contributed by atoms with Gasteiger partial charge in [0.15, 0.2) is 0 Å². The van der Waals surface area contributed by atoms with E-state index in [4.69, 9.17) is 14.3 Å². The summed E-state index contributed by atoms with van der Waals surface area (Å²) in [7, 11) is 0. The summed E-state index contributed by atoms with van der Waals surface area (Å²) in [4.78, 5) is 22.8. The molecule has 2 N–H and O–H groups in total. The van der Waals surface area contributed by atoms with E-state index < -0.39 is 5.97 Å². The summed E-state index contributed by atoms with van der Waals surface area (Å²) >= 11 is 0. The molecule has 1 aliphatic rings. The normalized spacial score (nSPS) is 18.0. The molecule has 1 amide bonds. The molecule has 6 heteroatoms. The van der Waals surface area contributed by atoms with Gasteiger partial charge in [-0.1, -0.05) is 0 Å². The van der Waals surface area contributed by atoms with E-state index in [9.17, 15) is 9.59 Å². The van der Waals surface area contributed by atoms with Gasteiger partial charge in [-0.3, -0.25) is 4.79 Å². The van der Waals surface area contributed by atoms with E-state index >= 15 is 0 Å². The molecule has 0 saturated carbocycles. The Labute approximate surface area is 120 Å². The van der Waals surface area contributed by atoms with Gasteiger partial charge >= 0.3 is 5.97 Å². The van der Waals surface area contributed by atoms with Crippen LogP contribution in [0.1, 0.15) is 23.4 Å². The number of ether oxygens (including phenoxy) is 1. The molecule has 2 aromatic rings. The number of anilines is 1. The Hall–Kier alpha value is -2.34. The zero-order valence-electron chi connectivity index (χ0n) is 11.3. The van der Waals surface area contributed by atoms with Gasteiger partial charge in [-0.05, 0) is 36.6 Å². The number of furan rings is 1. The summed E-state index contributed by atoms with van der Waals surface area (Å²) < 4.78 is 10.4. The molecule has 1 fully saturated rings. The number of hydrogen-bond acceptors (Lipinski definition) is 4. The molecule has 1 atom stereocenters. The SMILES string of the molecule is O=C(CC1CCOC1)Nc1ccc2oc(C(=O)O)cc2c1. The van der Waals surface area contributed by atoms with Crippen molar-refractivity contribution in [1.82, 2.24) is 0 Å². The molecule has 1 saturated heterocycles. The van der Waals surface area contributed by atoms with Crippen molar-refractivity contribution < 1.29 is 23.8 Å². The first-order valence-corrected chi connectivity index (χ1v) is 6.76. The lowest BCUT2D eigenvalue weighted by atomic mass is 10.0. The zero-order chi connectivity index (χ0) is 14.8. The molecule has 1 aliphatic heterocycles. The van der Waals surface area contributed by atoms with E-state index in [-0.39, 0.29) is 17.6 Å². The molecule has 0 spiro atoms. The van der Waals surface area contributed by atoms with Crippen molar-refractivity contribution in [3.05, 3.63) is 30.0 Å². The second kappa shape index (κ2) is 5.57. The monoisotopic (exact) mass is 289 g/mol. The maximum atomic E-state index is 11.9. The van der Waals surface area contributed by atoms with Crippen molar-refractivity contribution in [2.24, 2.45) is 5.92 Å². The van der Waals surface area contributed by atoms with E-state index in [1.165, 1.54) is 6.07 Å². The van der Waals surface area contributed by atoms with Gasteiger partial charge in [-0.15, -0.1) is 0 Å². The largest absolute Gasteiger partial charge is 0.475 e. The number of carbonyl (C=O) groups excluding carboxylic acids is 1. The van der Waals surface area contributed by atoms with E-state index in [1.54, 1.807) is 18.2 Å². The fourth-order valence-corrected chi connectivity index (χ4v) is 2.45. The summed E-state index contributed by atoms with van der Waals surface area (Å²) in [5, 5.41) is 12.3. The van der Waals surface area contributed by atoms with Crippen LogP contribution in [-0.2, 0) is 9.53 Å². The van der Waals surface area contributed by atoms with Crippen LogP contribution >= 0.6 is 0 Å². The van der Waals surface area contributed by atoms with Gasteiger partial charge in [-0.25, -0.2) is 4.79 Å². The molecular formula is C15H15NO5. The highest BCUT2D eigenvalue weighted by Gasteiger charge is 2.19. The topological polar surface area (TPSA) is 88.8 Å². The van der Waals surface area contributed by atoms with Crippen molar-refractivity contribution in [2.45, 2.75) is 12.8 Å². The Bertz CT molecular complexity index is 684. The Kier molecular flexibility index (Phi) is 3.62. The van der Waals surface area contributed by atoms with Crippen LogP contribution in [0, 0.1) is 5.92 Å². The average molecular weight is 289 g/mol. The average Bonchev–Trinajstić information content (AvgIpc) is 3.06. The second-order valence-electron chi connectivity index (χ2n) is 5.15. The number of fused-ring (bicyclic) bond motifs is 1. The summed E-state index contributed by atoms with van der Waals surface area (Å²) in [5.74, 6) is -1.01. The number of amides is 1. The van der Waals surface area contributed by atoms with E-state index in [2.05, 4.69) is 5.32 Å². The molecule has 3 rings (SSSR count). The number of carboxylic acids is 1. The van der Waals surface area contributed by atoms with Crippen LogP contribution in [0.25, 0.3) is 11.0 Å². The number of nitrogens with one attached hydrogen (secondary N) is 1. The number of hydrogen-bond donors (Lipinski definition) is 2. The van der Waals surface area contributed by atoms with Gasteiger partial charge < -0.3 is 19.6 Å². The first-order chi connectivity index (χ1) is 10.1. The number of benzene rings is 1. The van der Waals surface area contributed by atoms with Crippen LogP contribution in [0.15, 0.2) is 28.7 Å². The lowest BCUT2D eigenvalue weighted by Gasteiger charge is -2.08. The summed E-state index contributed by atoms with van der Waals surface area (Å²) in [6.45, 7) is 1.35. The Morgan fingerprint density at radius 1 is 1.33 bits per heavy atom. The van der Waals surface area contributed by atoms with Crippen LogP contribution in [0.2, 0.25) is 0 Å². The number of carbonyl (C=O) groups is 2. The summed E-state index contributed by atoms with van der Waals surface area (Å²) in [5.41, 5.74) is 1.11. The maximum Gasteiger partial charge on any atom is 0.371 e. The molecule has 0 aliphatic carbocycles. The maximum absolute atomic E-state index is 11.9. The van der Waals surface area contributed by atoms with Crippen molar-refractivity contribution in [3.63, 3.8) is 0 Å². The first kappa shape index (κ1) is 13.6. The highest BCUT2D eigenvalue weighted by atomic mass is 16.5. The molecule has 2 heterocycles. The van der Waals surface area contributed by atoms with Gasteiger partial charge in [-0.2, -0.15) is 0 Å². The van der Waals surface area contributed by atoms with Gasteiger partial charge in [0, 0.05) is 30.7 Å². The molecule has 1 aromatic carbocycles. The highest BCUT2D eigenvalue weighted by molar-refractivity contribution is 5.96. The van der Waals surface area contributed by atoms with Gasteiger partial charge in [0.25, 0.3) is 0 Å². The lowest BCUT2D eigenvalue weighted by Crippen LogP contribution is -2.16. The Morgan fingerprint density at radius 3 is 2.90 bits per heavy atom. The Morgan fingerprint density at radius 2 is 2.19 bits per heavy atom. The van der Waals surface area contributed by atoms with Gasteiger partial charge in [0.05, 0.1) is 0 Å². The zero-order valence-corrected chi connectivity index (χ0v) is 11.3. The number of rotatable bonds is 4. The standard InChI is InChI=1S/C15H15NO5/c17-14(5-9-3-4-20-8-9)16-11-1-2-12-10(6-11)7-13(21-12)15(18)19/h1-2,6-7,9H,3-5,8H2,(H,16,17)(H,18,19). The Balaban J connectivity index is 1.71. The quantitative estimate of drug-likeness (QED) is 0.902. The minimum Gasteiger partial charge on any atom is -0.475 e. The predicted octanol–water partition coefficient (Wildman–Crippen LogP) is 2.50. The smallest absolute Gasteiger partial charge is 0.371 e. The molecule has 0 bridgehead atoms. The van der Waals surface area contributed by atoms with Gasteiger partial charge in [0.1, 0.15) is 5.58 Å². The van der Waals surface area contributed by atoms with E-state index in [0.717, 1.165) is 13.0 Å². The van der Waals surface area contributed by atoms with Crippen molar-refractivity contribution in [3.8, 4) is 0 Å². The van der Waals surface area contributed by atoms with Gasteiger partial charge in [0.2, 0.25) is 11.7 Å². The molecule has 1 aromatic heterocycles. The summed E-state index contributed by atoms with van der Waals surface area (Å²) in [6.07, 6.45) is 1.35. The summed E-state index contributed by atoms with van der Waals surface area (Å²) in [6, 6.07) is 6.49. The fourth-order valence-electron chi connectivity index (χ4n) is 2.45. The third kappa shape index (κ3) is 3.05. The lowest BCUT2D eigenvalue weighted by molar-refractivity contribution is -0.117. The minimum absolute atomic E-state index is 0.0631.